The van der Waals surface area contributed by atoms with Gasteiger partial charge in [0.15, 0.2) is 6.10 Å². The smallest absolute Gasteiger partial charge is 0.275 e. The van der Waals surface area contributed by atoms with E-state index in [0.29, 0.717) is 21.4 Å². The molecule has 4 rings (SSSR count). The Balaban J connectivity index is 1.46. The molecule has 0 aliphatic rings. The molecule has 1 N–H and O–H groups in total. The number of nitrogens with zero attached hydrogens (tertiary/aromatic N) is 3. The number of carbonyl (C=O) groups is 1. The summed E-state index contributed by atoms with van der Waals surface area (Å²) in [5, 5.41) is 7.88. The van der Waals surface area contributed by atoms with Crippen LogP contribution in [0.1, 0.15) is 23.7 Å². The molecule has 0 unspecified atom stereocenters. The molecule has 31 heavy (non-hydrogen) atoms. The quantitative estimate of drug-likeness (QED) is 0.502. The van der Waals surface area contributed by atoms with Crippen molar-refractivity contribution in [3.63, 3.8) is 0 Å². The molecular weight excluding hydrogens is 412 g/mol. The Morgan fingerprint density at radius 2 is 1.90 bits per heavy atom. The van der Waals surface area contributed by atoms with Gasteiger partial charge in [-0.05, 0) is 38.5 Å². The third-order valence-electron chi connectivity index (χ3n) is 4.71. The number of rotatable bonds is 6. The summed E-state index contributed by atoms with van der Waals surface area (Å²) in [6, 6.07) is 16.8. The lowest BCUT2D eigenvalue weighted by Crippen LogP contribution is -2.36. The van der Waals surface area contributed by atoms with Crippen molar-refractivity contribution in [2.45, 2.75) is 33.4 Å². The number of benzene rings is 2. The molecule has 0 spiro atoms. The number of fused-ring (bicyclic) bond motifs is 1. The summed E-state index contributed by atoms with van der Waals surface area (Å²) in [5.74, 6) is 0.349. The van der Waals surface area contributed by atoms with E-state index < -0.39 is 6.10 Å². The van der Waals surface area contributed by atoms with Crippen molar-refractivity contribution in [1.29, 1.82) is 0 Å². The standard InChI is InChI=1S/C23H22N4O3S/c1-14-7-9-17(10-8-14)22-26-27-20(28)12-18(25-23(27)31-22)13-24-21(29)16(3)30-19-6-4-5-15(2)11-19/h4-12,16H,13H2,1-3H3,(H,24,29)/t16-/m0/s1. The second-order valence-corrected chi connectivity index (χ2v) is 8.30. The molecule has 2 aromatic carbocycles. The van der Waals surface area contributed by atoms with Crippen LogP contribution in [0.2, 0.25) is 0 Å². The predicted octanol–water partition coefficient (Wildman–Crippen LogP) is 3.52. The highest BCUT2D eigenvalue weighted by Crippen LogP contribution is 2.24. The topological polar surface area (TPSA) is 85.6 Å². The number of carbonyl (C=O) groups excluding carboxylic acids is 1. The van der Waals surface area contributed by atoms with Gasteiger partial charge < -0.3 is 10.1 Å². The van der Waals surface area contributed by atoms with Gasteiger partial charge in [0.2, 0.25) is 4.96 Å². The number of nitrogens with one attached hydrogen (secondary N) is 1. The molecule has 0 saturated heterocycles. The van der Waals surface area contributed by atoms with Gasteiger partial charge in [-0.1, -0.05) is 53.3 Å². The van der Waals surface area contributed by atoms with E-state index >= 15 is 0 Å². The van der Waals surface area contributed by atoms with Gasteiger partial charge >= 0.3 is 0 Å². The fourth-order valence-electron chi connectivity index (χ4n) is 3.03. The third-order valence-corrected chi connectivity index (χ3v) is 5.67. The number of aryl methyl sites for hydroxylation is 2. The van der Waals surface area contributed by atoms with E-state index in [1.807, 2.05) is 62.4 Å². The van der Waals surface area contributed by atoms with Crippen LogP contribution in [0, 0.1) is 13.8 Å². The first-order valence-electron chi connectivity index (χ1n) is 9.87. The van der Waals surface area contributed by atoms with Gasteiger partial charge in [-0.15, -0.1) is 0 Å². The molecule has 1 amide bonds. The normalized spacial score (nSPS) is 12.0. The average molecular weight is 435 g/mol. The van der Waals surface area contributed by atoms with Gasteiger partial charge in [-0.2, -0.15) is 9.61 Å². The highest BCUT2D eigenvalue weighted by atomic mass is 32.1. The minimum atomic E-state index is -0.678. The van der Waals surface area contributed by atoms with Crippen molar-refractivity contribution in [1.82, 2.24) is 19.9 Å². The molecule has 8 heteroatoms. The lowest BCUT2D eigenvalue weighted by Gasteiger charge is -2.14. The first-order valence-corrected chi connectivity index (χ1v) is 10.7. The Bertz CT molecular complexity index is 1290. The highest BCUT2D eigenvalue weighted by molar-refractivity contribution is 7.19. The van der Waals surface area contributed by atoms with Crippen LogP contribution in [-0.2, 0) is 11.3 Å². The van der Waals surface area contributed by atoms with Crippen molar-refractivity contribution in [2.75, 3.05) is 0 Å². The number of aromatic nitrogens is 3. The molecule has 2 heterocycles. The van der Waals surface area contributed by atoms with Crippen molar-refractivity contribution < 1.29 is 9.53 Å². The van der Waals surface area contributed by atoms with E-state index in [9.17, 15) is 9.59 Å². The molecule has 0 fully saturated rings. The van der Waals surface area contributed by atoms with E-state index in [0.717, 1.165) is 16.7 Å². The van der Waals surface area contributed by atoms with Gasteiger partial charge in [0, 0.05) is 11.6 Å². The van der Waals surface area contributed by atoms with Crippen molar-refractivity contribution in [2.24, 2.45) is 0 Å². The van der Waals surface area contributed by atoms with E-state index in [1.165, 1.54) is 21.9 Å². The molecule has 0 saturated carbocycles. The monoisotopic (exact) mass is 434 g/mol. The second-order valence-electron chi connectivity index (χ2n) is 7.35. The Labute approximate surface area is 183 Å². The minimum absolute atomic E-state index is 0.129. The molecule has 2 aromatic heterocycles. The molecule has 1 atom stereocenters. The Morgan fingerprint density at radius 3 is 2.65 bits per heavy atom. The molecular formula is C23H22N4O3S. The first-order chi connectivity index (χ1) is 14.9. The van der Waals surface area contributed by atoms with Gasteiger partial charge in [-0.3, -0.25) is 9.59 Å². The largest absolute Gasteiger partial charge is 0.481 e. The highest BCUT2D eigenvalue weighted by Gasteiger charge is 2.16. The summed E-state index contributed by atoms with van der Waals surface area (Å²) < 4.78 is 6.98. The molecule has 0 aliphatic carbocycles. The molecule has 7 nitrogen and oxygen atoms in total. The maximum atomic E-state index is 12.5. The summed E-state index contributed by atoms with van der Waals surface area (Å²) in [7, 11) is 0. The molecule has 4 aromatic rings. The van der Waals surface area contributed by atoms with E-state index in [-0.39, 0.29) is 18.0 Å². The number of hydrogen-bond donors (Lipinski definition) is 1. The fraction of sp³-hybridized carbons (Fsp3) is 0.217. The van der Waals surface area contributed by atoms with E-state index in [1.54, 1.807) is 6.92 Å². The average Bonchev–Trinajstić information content (AvgIpc) is 3.17. The summed E-state index contributed by atoms with van der Waals surface area (Å²) in [6.45, 7) is 5.78. The van der Waals surface area contributed by atoms with Crippen LogP contribution >= 0.6 is 11.3 Å². The zero-order valence-electron chi connectivity index (χ0n) is 17.5. The van der Waals surface area contributed by atoms with Crippen molar-refractivity contribution in [3.8, 4) is 16.3 Å². The molecule has 0 aliphatic heterocycles. The third kappa shape index (κ3) is 4.80. The molecule has 0 radical (unpaired) electrons. The predicted molar refractivity (Wildman–Crippen MR) is 120 cm³/mol. The summed E-state index contributed by atoms with van der Waals surface area (Å²) in [6.07, 6.45) is -0.678. The Hall–Kier alpha value is -3.52. The van der Waals surface area contributed by atoms with Gasteiger partial charge in [0.25, 0.3) is 11.5 Å². The summed E-state index contributed by atoms with van der Waals surface area (Å²) in [4.78, 5) is 29.9. The van der Waals surface area contributed by atoms with Gasteiger partial charge in [-0.25, -0.2) is 4.98 Å². The minimum Gasteiger partial charge on any atom is -0.481 e. The lowest BCUT2D eigenvalue weighted by atomic mass is 10.2. The summed E-state index contributed by atoms with van der Waals surface area (Å²) in [5.41, 5.74) is 3.32. The van der Waals surface area contributed by atoms with Crippen molar-refractivity contribution in [3.05, 3.63) is 81.8 Å². The van der Waals surface area contributed by atoms with Gasteiger partial charge in [0.1, 0.15) is 10.8 Å². The summed E-state index contributed by atoms with van der Waals surface area (Å²) >= 11 is 1.33. The lowest BCUT2D eigenvalue weighted by molar-refractivity contribution is -0.127. The number of amides is 1. The van der Waals surface area contributed by atoms with Crippen LogP contribution in [0.3, 0.4) is 0 Å². The Kier molecular flexibility index (Phi) is 5.81. The zero-order chi connectivity index (χ0) is 22.0. The second kappa shape index (κ2) is 8.69. The SMILES string of the molecule is Cc1ccc(-c2nn3c(=O)cc(CNC(=O)[C@H](C)Oc4cccc(C)c4)nc3s2)cc1. The number of ether oxygens (including phenoxy) is 1. The Morgan fingerprint density at radius 1 is 1.13 bits per heavy atom. The van der Waals surface area contributed by atoms with E-state index in [4.69, 9.17) is 4.74 Å². The van der Waals surface area contributed by atoms with Crippen LogP contribution in [-0.4, -0.2) is 26.6 Å². The van der Waals surface area contributed by atoms with Gasteiger partial charge in [0.05, 0.1) is 12.2 Å². The van der Waals surface area contributed by atoms with Crippen LogP contribution in [0.5, 0.6) is 5.75 Å². The molecule has 158 valence electrons. The zero-order valence-corrected chi connectivity index (χ0v) is 18.3. The maximum Gasteiger partial charge on any atom is 0.275 e. The van der Waals surface area contributed by atoms with Crippen LogP contribution in [0.4, 0.5) is 0 Å². The first kappa shape index (κ1) is 20.7. The van der Waals surface area contributed by atoms with Crippen LogP contribution in [0.15, 0.2) is 59.4 Å². The van der Waals surface area contributed by atoms with Crippen LogP contribution < -0.4 is 15.6 Å². The fourth-order valence-corrected chi connectivity index (χ4v) is 3.96. The maximum absolute atomic E-state index is 12.5. The van der Waals surface area contributed by atoms with E-state index in [2.05, 4.69) is 15.4 Å². The van der Waals surface area contributed by atoms with Crippen molar-refractivity contribution >= 4 is 22.2 Å². The molecule has 0 bridgehead atoms. The number of hydrogen-bond acceptors (Lipinski definition) is 6. The van der Waals surface area contributed by atoms with Crippen LogP contribution in [0.25, 0.3) is 15.5 Å².